The molecule has 0 unspecified atom stereocenters. The zero-order valence-corrected chi connectivity index (χ0v) is 18.6. The van der Waals surface area contributed by atoms with Crippen molar-refractivity contribution in [1.29, 1.82) is 0 Å². The van der Waals surface area contributed by atoms with Gasteiger partial charge in [0.25, 0.3) is 0 Å². The van der Waals surface area contributed by atoms with Crippen molar-refractivity contribution in [3.05, 3.63) is 67.2 Å². The normalized spacial score (nSPS) is 11.2. The second-order valence-electron chi connectivity index (χ2n) is 6.56. The molecule has 1 N–H and O–H groups in total. The minimum absolute atomic E-state index is 0.132. The highest BCUT2D eigenvalue weighted by Crippen LogP contribution is 2.28. The average Bonchev–Trinajstić information content (AvgIpc) is 2.64. The maximum atomic E-state index is 12.0. The number of halogens is 2. The van der Waals surface area contributed by atoms with Crippen LogP contribution in [0, 0.1) is 34.6 Å². The zero-order chi connectivity index (χ0) is 20.1. The molecule has 0 saturated heterocycles. The molecule has 0 aliphatic heterocycles. The fourth-order valence-corrected chi connectivity index (χ4v) is 4.14. The molecule has 6 heteroatoms. The van der Waals surface area contributed by atoms with Crippen LogP contribution < -0.4 is 5.43 Å². The lowest BCUT2D eigenvalue weighted by Gasteiger charge is -2.18. The summed E-state index contributed by atoms with van der Waals surface area (Å²) in [5.41, 5.74) is 11.3. The Labute approximate surface area is 175 Å². The quantitative estimate of drug-likeness (QED) is 0.463. The van der Waals surface area contributed by atoms with E-state index in [4.69, 9.17) is 23.2 Å². The molecule has 0 heterocycles. The molecule has 2 aromatic rings. The molecule has 2 aromatic carbocycles. The van der Waals surface area contributed by atoms with Gasteiger partial charge in [-0.25, -0.2) is 5.43 Å². The van der Waals surface area contributed by atoms with E-state index in [1.807, 2.05) is 0 Å². The van der Waals surface area contributed by atoms with Gasteiger partial charge in [0.1, 0.15) is 0 Å². The maximum Gasteiger partial charge on any atom is 0.250 e. The summed E-state index contributed by atoms with van der Waals surface area (Å²) in [6.07, 6.45) is 1.55. The lowest BCUT2D eigenvalue weighted by Crippen LogP contribution is -2.19. The fourth-order valence-electron chi connectivity index (χ4n) is 2.84. The third-order valence-corrected chi connectivity index (χ3v) is 6.68. The Hall–Kier alpha value is -1.49. The first-order chi connectivity index (χ1) is 12.7. The van der Waals surface area contributed by atoms with Crippen molar-refractivity contribution in [1.82, 2.24) is 5.43 Å². The van der Waals surface area contributed by atoms with Gasteiger partial charge in [-0.05, 0) is 85.7 Å². The molecule has 0 bridgehead atoms. The van der Waals surface area contributed by atoms with Gasteiger partial charge < -0.3 is 0 Å². The van der Waals surface area contributed by atoms with Gasteiger partial charge in [-0.15, -0.1) is 11.8 Å². The van der Waals surface area contributed by atoms with E-state index in [0.717, 1.165) is 11.3 Å². The van der Waals surface area contributed by atoms with Crippen molar-refractivity contribution >= 4 is 47.1 Å². The Bertz CT molecular complexity index is 865. The number of nitrogens with one attached hydrogen (secondary N) is 1. The summed E-state index contributed by atoms with van der Waals surface area (Å²) >= 11 is 13.4. The molecule has 0 spiro atoms. The van der Waals surface area contributed by atoms with Gasteiger partial charge in [0, 0.05) is 5.75 Å². The van der Waals surface area contributed by atoms with Crippen LogP contribution in [0.5, 0.6) is 0 Å². The number of thioether (sulfide) groups is 1. The van der Waals surface area contributed by atoms with E-state index in [-0.39, 0.29) is 5.91 Å². The fraction of sp³-hybridized carbons (Fsp3) is 0.333. The van der Waals surface area contributed by atoms with Crippen LogP contribution in [0.4, 0.5) is 0 Å². The third kappa shape index (κ3) is 5.50. The number of rotatable bonds is 6. The summed E-state index contributed by atoms with van der Waals surface area (Å²) in [7, 11) is 0. The summed E-state index contributed by atoms with van der Waals surface area (Å²) in [6.45, 7) is 10.8. The van der Waals surface area contributed by atoms with Crippen LogP contribution in [-0.4, -0.2) is 17.9 Å². The molecule has 3 nitrogen and oxygen atoms in total. The van der Waals surface area contributed by atoms with Crippen molar-refractivity contribution in [3.8, 4) is 0 Å². The van der Waals surface area contributed by atoms with E-state index in [1.165, 1.54) is 33.4 Å². The van der Waals surface area contributed by atoms with Crippen molar-refractivity contribution < 1.29 is 4.79 Å². The van der Waals surface area contributed by atoms with E-state index in [9.17, 15) is 4.79 Å². The Morgan fingerprint density at radius 3 is 2.19 bits per heavy atom. The number of hydrazone groups is 1. The van der Waals surface area contributed by atoms with Gasteiger partial charge >= 0.3 is 0 Å². The first-order valence-corrected chi connectivity index (χ1v) is 10.5. The lowest BCUT2D eigenvalue weighted by atomic mass is 9.90. The number of benzene rings is 2. The Kier molecular flexibility index (Phi) is 7.78. The average molecular weight is 423 g/mol. The minimum atomic E-state index is -0.132. The highest BCUT2D eigenvalue weighted by Gasteiger charge is 2.12. The summed E-state index contributed by atoms with van der Waals surface area (Å²) < 4.78 is 0. The smallest absolute Gasteiger partial charge is 0.250 e. The van der Waals surface area contributed by atoms with Crippen LogP contribution in [0.3, 0.4) is 0 Å². The molecule has 0 saturated carbocycles. The van der Waals surface area contributed by atoms with Crippen molar-refractivity contribution in [2.24, 2.45) is 5.10 Å². The SMILES string of the molecule is Cc1c(C)c(C)c(CSCC(=O)N/N=C/c2ccc(Cl)c(Cl)c2)c(C)c1C. The standard InChI is InChI=1S/C21H24Cl2N2OS/c1-12-13(2)15(4)18(16(5)14(12)3)10-27-11-21(26)25-24-9-17-6-7-19(22)20(23)8-17/h6-9H,10-11H2,1-5H3,(H,25,26)/b24-9+. The van der Waals surface area contributed by atoms with Gasteiger partial charge in [-0.2, -0.15) is 5.10 Å². The zero-order valence-electron chi connectivity index (χ0n) is 16.2. The highest BCUT2D eigenvalue weighted by atomic mass is 35.5. The third-order valence-electron chi connectivity index (χ3n) is 4.98. The van der Waals surface area contributed by atoms with Gasteiger partial charge in [-0.3, -0.25) is 4.79 Å². The van der Waals surface area contributed by atoms with E-state index >= 15 is 0 Å². The van der Waals surface area contributed by atoms with Crippen LogP contribution in [0.15, 0.2) is 23.3 Å². The number of hydrogen-bond donors (Lipinski definition) is 1. The van der Waals surface area contributed by atoms with Crippen LogP contribution in [-0.2, 0) is 10.5 Å². The van der Waals surface area contributed by atoms with Gasteiger partial charge in [-0.1, -0.05) is 29.3 Å². The Morgan fingerprint density at radius 2 is 1.59 bits per heavy atom. The van der Waals surface area contributed by atoms with E-state index < -0.39 is 0 Å². The molecule has 0 atom stereocenters. The molecular formula is C21H24Cl2N2OS. The monoisotopic (exact) mass is 422 g/mol. The van der Waals surface area contributed by atoms with Crippen LogP contribution in [0.2, 0.25) is 10.0 Å². The van der Waals surface area contributed by atoms with E-state index in [0.29, 0.717) is 15.8 Å². The molecule has 2 rings (SSSR count). The summed E-state index contributed by atoms with van der Waals surface area (Å²) in [4.78, 5) is 12.0. The number of carbonyl (C=O) groups is 1. The molecule has 0 aliphatic carbocycles. The van der Waals surface area contributed by atoms with Gasteiger partial charge in [0.05, 0.1) is 22.0 Å². The molecule has 1 amide bonds. The number of hydrogen-bond acceptors (Lipinski definition) is 3. The van der Waals surface area contributed by atoms with Crippen LogP contribution in [0.1, 0.15) is 38.9 Å². The van der Waals surface area contributed by atoms with Crippen LogP contribution in [0.25, 0.3) is 0 Å². The first kappa shape index (κ1) is 21.8. The predicted octanol–water partition coefficient (Wildman–Crippen LogP) is 5.92. The first-order valence-electron chi connectivity index (χ1n) is 8.63. The lowest BCUT2D eigenvalue weighted by molar-refractivity contribution is -0.118. The molecule has 27 heavy (non-hydrogen) atoms. The molecule has 0 aromatic heterocycles. The highest BCUT2D eigenvalue weighted by molar-refractivity contribution is 7.99. The summed E-state index contributed by atoms with van der Waals surface area (Å²) in [6, 6.07) is 5.17. The maximum absolute atomic E-state index is 12.0. The van der Waals surface area contributed by atoms with Crippen molar-refractivity contribution in [2.45, 2.75) is 40.4 Å². The van der Waals surface area contributed by atoms with E-state index in [2.05, 4.69) is 45.1 Å². The molecule has 0 radical (unpaired) electrons. The number of amides is 1. The molecular weight excluding hydrogens is 399 g/mol. The van der Waals surface area contributed by atoms with E-state index in [1.54, 1.807) is 36.2 Å². The Balaban J connectivity index is 1.90. The van der Waals surface area contributed by atoms with Crippen molar-refractivity contribution in [3.63, 3.8) is 0 Å². The largest absolute Gasteiger partial charge is 0.272 e. The molecule has 0 fully saturated rings. The predicted molar refractivity (Wildman–Crippen MR) is 118 cm³/mol. The second kappa shape index (κ2) is 9.63. The van der Waals surface area contributed by atoms with Gasteiger partial charge in [0.2, 0.25) is 5.91 Å². The van der Waals surface area contributed by atoms with Crippen LogP contribution >= 0.6 is 35.0 Å². The van der Waals surface area contributed by atoms with Gasteiger partial charge in [0.15, 0.2) is 0 Å². The second-order valence-corrected chi connectivity index (χ2v) is 8.36. The minimum Gasteiger partial charge on any atom is -0.272 e. The summed E-state index contributed by atoms with van der Waals surface area (Å²) in [5, 5.41) is 4.92. The number of carbonyl (C=O) groups excluding carboxylic acids is 1. The number of nitrogens with zero attached hydrogens (tertiary/aromatic N) is 1. The molecule has 0 aliphatic rings. The van der Waals surface area contributed by atoms with Crippen molar-refractivity contribution in [2.75, 3.05) is 5.75 Å². The summed E-state index contributed by atoms with van der Waals surface area (Å²) in [5.74, 6) is 1.03. The molecule has 144 valence electrons. The Morgan fingerprint density at radius 1 is 1.00 bits per heavy atom. The topological polar surface area (TPSA) is 41.5 Å².